The van der Waals surface area contributed by atoms with Crippen molar-refractivity contribution in [1.29, 1.82) is 0 Å². The van der Waals surface area contributed by atoms with Crippen molar-refractivity contribution in [2.24, 2.45) is 0 Å². The molecular weight excluding hydrogens is 220 g/mol. The lowest BCUT2D eigenvalue weighted by molar-refractivity contribution is 0.386. The van der Waals surface area contributed by atoms with E-state index in [9.17, 15) is 0 Å². The van der Waals surface area contributed by atoms with Crippen LogP contribution in [0.15, 0.2) is 22.7 Å². The summed E-state index contributed by atoms with van der Waals surface area (Å²) in [6.07, 6.45) is 0. The van der Waals surface area contributed by atoms with Crippen LogP contribution >= 0.6 is 15.9 Å². The Hall–Kier alpha value is -1.03. The van der Waals surface area contributed by atoms with Gasteiger partial charge in [0.15, 0.2) is 0 Å². The van der Waals surface area contributed by atoms with Gasteiger partial charge in [-0.25, -0.2) is 0 Å². The van der Waals surface area contributed by atoms with E-state index < -0.39 is 0 Å². The maximum absolute atomic E-state index is 4.96. The van der Waals surface area contributed by atoms with Crippen molar-refractivity contribution in [3.05, 3.63) is 22.7 Å². The van der Waals surface area contributed by atoms with E-state index in [-0.39, 0.29) is 0 Å². The minimum absolute atomic E-state index is 0.545. The fourth-order valence-corrected chi connectivity index (χ4v) is 1.42. The quantitative estimate of drug-likeness (QED) is 0.811. The van der Waals surface area contributed by atoms with E-state index in [2.05, 4.69) is 25.9 Å². The molecule has 62 valence electrons. The zero-order valence-corrected chi connectivity index (χ0v) is 8.05. The number of fused-ring (bicyclic) bond motifs is 1. The SMILES string of the molecule is COc1nc2ccc(Br)cc2[nH]1. The van der Waals surface area contributed by atoms with Gasteiger partial charge in [0.25, 0.3) is 6.01 Å². The predicted octanol–water partition coefficient (Wildman–Crippen LogP) is 2.33. The molecule has 0 spiro atoms. The maximum atomic E-state index is 4.96. The zero-order valence-electron chi connectivity index (χ0n) is 6.47. The Morgan fingerprint density at radius 1 is 1.50 bits per heavy atom. The van der Waals surface area contributed by atoms with Crippen molar-refractivity contribution < 1.29 is 4.74 Å². The lowest BCUT2D eigenvalue weighted by Gasteiger charge is -1.87. The van der Waals surface area contributed by atoms with Crippen LogP contribution < -0.4 is 4.74 Å². The van der Waals surface area contributed by atoms with E-state index in [1.807, 2.05) is 18.2 Å². The van der Waals surface area contributed by atoms with Crippen LogP contribution in [0, 0.1) is 0 Å². The standard InChI is InChI=1S/C8H7BrN2O/c1-12-8-10-6-3-2-5(9)4-7(6)11-8/h2-4H,1H3,(H,10,11). The molecule has 0 fully saturated rings. The second-order valence-electron chi connectivity index (χ2n) is 2.41. The Labute approximate surface area is 77.9 Å². The average molecular weight is 227 g/mol. The van der Waals surface area contributed by atoms with Gasteiger partial charge in [0, 0.05) is 4.47 Å². The molecule has 1 N–H and O–H groups in total. The van der Waals surface area contributed by atoms with Crippen LogP contribution in [0.25, 0.3) is 11.0 Å². The molecule has 1 heterocycles. The van der Waals surface area contributed by atoms with Gasteiger partial charge in [0.1, 0.15) is 0 Å². The smallest absolute Gasteiger partial charge is 0.294 e. The molecule has 4 heteroatoms. The summed E-state index contributed by atoms with van der Waals surface area (Å²) in [5.41, 5.74) is 1.89. The van der Waals surface area contributed by atoms with E-state index in [4.69, 9.17) is 4.74 Å². The molecule has 12 heavy (non-hydrogen) atoms. The molecule has 0 aliphatic carbocycles. The first-order chi connectivity index (χ1) is 5.79. The summed E-state index contributed by atoms with van der Waals surface area (Å²) in [4.78, 5) is 7.20. The van der Waals surface area contributed by atoms with Gasteiger partial charge < -0.3 is 9.72 Å². The molecule has 0 saturated heterocycles. The summed E-state index contributed by atoms with van der Waals surface area (Å²) in [5, 5.41) is 0. The van der Waals surface area contributed by atoms with Crippen LogP contribution in [-0.2, 0) is 0 Å². The largest absolute Gasteiger partial charge is 0.468 e. The van der Waals surface area contributed by atoms with Gasteiger partial charge in [-0.2, -0.15) is 4.98 Å². The number of aromatic nitrogens is 2. The van der Waals surface area contributed by atoms with Crippen molar-refractivity contribution >= 4 is 27.0 Å². The summed E-state index contributed by atoms with van der Waals surface area (Å²) >= 11 is 3.37. The molecule has 0 bridgehead atoms. The molecule has 0 atom stereocenters. The minimum atomic E-state index is 0.545. The highest BCUT2D eigenvalue weighted by Crippen LogP contribution is 2.19. The highest BCUT2D eigenvalue weighted by atomic mass is 79.9. The Morgan fingerprint density at radius 3 is 3.08 bits per heavy atom. The van der Waals surface area contributed by atoms with Gasteiger partial charge in [0.05, 0.1) is 18.1 Å². The van der Waals surface area contributed by atoms with Gasteiger partial charge in [-0.1, -0.05) is 15.9 Å². The van der Waals surface area contributed by atoms with Crippen LogP contribution in [-0.4, -0.2) is 17.1 Å². The van der Waals surface area contributed by atoms with Crippen LogP contribution in [0.1, 0.15) is 0 Å². The Balaban J connectivity index is 2.67. The van der Waals surface area contributed by atoms with Crippen molar-refractivity contribution in [1.82, 2.24) is 9.97 Å². The van der Waals surface area contributed by atoms with Crippen molar-refractivity contribution in [3.8, 4) is 6.01 Å². The molecule has 2 aromatic rings. The average Bonchev–Trinajstić information content (AvgIpc) is 2.46. The maximum Gasteiger partial charge on any atom is 0.294 e. The van der Waals surface area contributed by atoms with E-state index in [0.717, 1.165) is 15.5 Å². The molecular formula is C8H7BrN2O. The lowest BCUT2D eigenvalue weighted by Crippen LogP contribution is -1.82. The lowest BCUT2D eigenvalue weighted by atomic mass is 10.3. The third-order valence-corrected chi connectivity index (χ3v) is 2.11. The first kappa shape index (κ1) is 7.61. The normalized spacial score (nSPS) is 10.5. The number of hydrogen-bond acceptors (Lipinski definition) is 2. The molecule has 2 rings (SSSR count). The topological polar surface area (TPSA) is 37.9 Å². The summed E-state index contributed by atoms with van der Waals surface area (Å²) in [5.74, 6) is 0. The van der Waals surface area contributed by atoms with Crippen LogP contribution in [0.3, 0.4) is 0 Å². The van der Waals surface area contributed by atoms with Gasteiger partial charge in [-0.3, -0.25) is 0 Å². The molecule has 0 aliphatic rings. The van der Waals surface area contributed by atoms with E-state index in [1.54, 1.807) is 7.11 Å². The number of nitrogens with zero attached hydrogens (tertiary/aromatic N) is 1. The Kier molecular flexibility index (Phi) is 1.77. The minimum Gasteiger partial charge on any atom is -0.468 e. The molecule has 0 radical (unpaired) electrons. The summed E-state index contributed by atoms with van der Waals surface area (Å²) in [6, 6.07) is 6.38. The van der Waals surface area contributed by atoms with E-state index >= 15 is 0 Å². The summed E-state index contributed by atoms with van der Waals surface area (Å²) in [7, 11) is 1.59. The summed E-state index contributed by atoms with van der Waals surface area (Å²) in [6.45, 7) is 0. The zero-order chi connectivity index (χ0) is 8.55. The van der Waals surface area contributed by atoms with Gasteiger partial charge >= 0.3 is 0 Å². The number of H-pyrrole nitrogens is 1. The molecule has 0 amide bonds. The Morgan fingerprint density at radius 2 is 2.33 bits per heavy atom. The number of benzene rings is 1. The van der Waals surface area contributed by atoms with Gasteiger partial charge in [-0.05, 0) is 18.2 Å². The monoisotopic (exact) mass is 226 g/mol. The highest BCUT2D eigenvalue weighted by Gasteiger charge is 2.01. The van der Waals surface area contributed by atoms with Crippen LogP contribution in [0.5, 0.6) is 6.01 Å². The number of ether oxygens (including phenoxy) is 1. The highest BCUT2D eigenvalue weighted by molar-refractivity contribution is 9.10. The molecule has 0 aliphatic heterocycles. The third-order valence-electron chi connectivity index (χ3n) is 1.62. The number of methoxy groups -OCH3 is 1. The van der Waals surface area contributed by atoms with E-state index in [0.29, 0.717) is 6.01 Å². The number of halogens is 1. The molecule has 1 aromatic carbocycles. The second kappa shape index (κ2) is 2.79. The summed E-state index contributed by atoms with van der Waals surface area (Å²) < 4.78 is 5.99. The third kappa shape index (κ3) is 1.18. The molecule has 1 aromatic heterocycles. The van der Waals surface area contributed by atoms with Gasteiger partial charge in [-0.15, -0.1) is 0 Å². The van der Waals surface area contributed by atoms with Crippen molar-refractivity contribution in [3.63, 3.8) is 0 Å². The number of imidazole rings is 1. The van der Waals surface area contributed by atoms with Gasteiger partial charge in [0.2, 0.25) is 0 Å². The number of aromatic amines is 1. The molecule has 0 unspecified atom stereocenters. The fraction of sp³-hybridized carbons (Fsp3) is 0.125. The predicted molar refractivity (Wildman–Crippen MR) is 50.3 cm³/mol. The van der Waals surface area contributed by atoms with Crippen molar-refractivity contribution in [2.45, 2.75) is 0 Å². The molecule has 0 saturated carbocycles. The first-order valence-electron chi connectivity index (χ1n) is 3.49. The number of rotatable bonds is 1. The van der Waals surface area contributed by atoms with Crippen LogP contribution in [0.4, 0.5) is 0 Å². The van der Waals surface area contributed by atoms with E-state index in [1.165, 1.54) is 0 Å². The Bertz CT molecular complexity index is 410. The first-order valence-corrected chi connectivity index (χ1v) is 4.28. The van der Waals surface area contributed by atoms with Crippen molar-refractivity contribution in [2.75, 3.05) is 7.11 Å². The number of nitrogens with one attached hydrogen (secondary N) is 1. The number of hydrogen-bond donors (Lipinski definition) is 1. The second-order valence-corrected chi connectivity index (χ2v) is 3.32. The fourth-order valence-electron chi connectivity index (χ4n) is 1.06. The van der Waals surface area contributed by atoms with Crippen LogP contribution in [0.2, 0.25) is 0 Å². The molecule has 3 nitrogen and oxygen atoms in total.